The molecule has 2 unspecified atom stereocenters. The number of anilines is 1. The van der Waals surface area contributed by atoms with E-state index < -0.39 is 6.04 Å². The van der Waals surface area contributed by atoms with Crippen molar-refractivity contribution in [1.82, 2.24) is 4.57 Å². The Morgan fingerprint density at radius 2 is 2.00 bits per heavy atom. The van der Waals surface area contributed by atoms with Crippen molar-refractivity contribution in [3.63, 3.8) is 0 Å². The van der Waals surface area contributed by atoms with Gasteiger partial charge in [0.05, 0.1) is 18.3 Å². The van der Waals surface area contributed by atoms with E-state index in [0.29, 0.717) is 17.3 Å². The fraction of sp³-hybridized carbons (Fsp3) is 0.333. The number of rotatable bonds is 6. The zero-order chi connectivity index (χ0) is 17.7. The van der Waals surface area contributed by atoms with Crippen molar-refractivity contribution in [3.05, 3.63) is 63.5 Å². The van der Waals surface area contributed by atoms with Crippen molar-refractivity contribution in [2.75, 3.05) is 5.32 Å². The van der Waals surface area contributed by atoms with Gasteiger partial charge in [0, 0.05) is 17.3 Å². The van der Waals surface area contributed by atoms with E-state index in [2.05, 4.69) is 5.32 Å². The smallest absolute Gasteiger partial charge is 0.250 e. The van der Waals surface area contributed by atoms with Crippen LogP contribution in [0.1, 0.15) is 25.8 Å². The highest BCUT2D eigenvalue weighted by Gasteiger charge is 2.19. The van der Waals surface area contributed by atoms with Crippen LogP contribution in [0.2, 0.25) is 5.02 Å². The molecule has 2 rings (SSSR count). The van der Waals surface area contributed by atoms with Crippen LogP contribution in [0, 0.1) is 5.92 Å². The van der Waals surface area contributed by atoms with E-state index in [-0.39, 0.29) is 17.4 Å². The Kier molecular flexibility index (Phi) is 6.17. The fourth-order valence-corrected chi connectivity index (χ4v) is 2.47. The van der Waals surface area contributed by atoms with Crippen molar-refractivity contribution in [3.8, 4) is 0 Å². The first kappa shape index (κ1) is 18.2. The summed E-state index contributed by atoms with van der Waals surface area (Å²) in [6.07, 6.45) is 2.42. The molecule has 0 aliphatic rings. The van der Waals surface area contributed by atoms with Gasteiger partial charge in [0.1, 0.15) is 0 Å². The Balaban J connectivity index is 2.18. The first-order valence-electron chi connectivity index (χ1n) is 7.92. The van der Waals surface area contributed by atoms with Gasteiger partial charge in [-0.2, -0.15) is 0 Å². The summed E-state index contributed by atoms with van der Waals surface area (Å²) in [5, 5.41) is 3.36. The van der Waals surface area contributed by atoms with Gasteiger partial charge in [-0.25, -0.2) is 0 Å². The number of halogens is 1. The molecule has 0 fully saturated rings. The average Bonchev–Trinajstić information content (AvgIpc) is 2.58. The maximum absolute atomic E-state index is 12.2. The van der Waals surface area contributed by atoms with E-state index in [4.69, 9.17) is 17.3 Å². The molecule has 0 aliphatic carbocycles. The lowest BCUT2D eigenvalue weighted by Crippen LogP contribution is -2.40. The quantitative estimate of drug-likeness (QED) is 0.843. The third-order valence-corrected chi connectivity index (χ3v) is 4.48. The second-order valence-corrected chi connectivity index (χ2v) is 6.28. The normalized spacial score (nSPS) is 13.3. The Morgan fingerprint density at radius 3 is 2.67 bits per heavy atom. The van der Waals surface area contributed by atoms with Crippen molar-refractivity contribution in [2.24, 2.45) is 11.7 Å². The molecule has 0 aliphatic heterocycles. The highest BCUT2D eigenvalue weighted by Crippen LogP contribution is 2.16. The van der Waals surface area contributed by atoms with E-state index >= 15 is 0 Å². The van der Waals surface area contributed by atoms with Crippen molar-refractivity contribution in [2.45, 2.75) is 32.9 Å². The second-order valence-electron chi connectivity index (χ2n) is 5.88. The summed E-state index contributed by atoms with van der Waals surface area (Å²) >= 11 is 6.14. The maximum atomic E-state index is 12.2. The molecule has 1 heterocycles. The lowest BCUT2D eigenvalue weighted by molar-refractivity contribution is -0.118. The van der Waals surface area contributed by atoms with E-state index in [9.17, 15) is 9.59 Å². The van der Waals surface area contributed by atoms with Gasteiger partial charge in [-0.15, -0.1) is 0 Å². The number of pyridine rings is 1. The summed E-state index contributed by atoms with van der Waals surface area (Å²) in [6, 6.07) is 9.75. The summed E-state index contributed by atoms with van der Waals surface area (Å²) in [5.41, 5.74) is 7.13. The largest absolute Gasteiger partial charge is 0.323 e. The van der Waals surface area contributed by atoms with E-state index in [0.717, 1.165) is 12.0 Å². The number of carbonyl (C=O) groups is 1. The fourth-order valence-electron chi connectivity index (χ4n) is 2.28. The van der Waals surface area contributed by atoms with Crippen LogP contribution in [-0.4, -0.2) is 16.5 Å². The van der Waals surface area contributed by atoms with Gasteiger partial charge in [0.2, 0.25) is 5.91 Å². The third-order valence-electron chi connectivity index (χ3n) is 4.11. The van der Waals surface area contributed by atoms with Gasteiger partial charge in [0.25, 0.3) is 5.56 Å². The molecule has 0 radical (unpaired) electrons. The number of nitrogens with zero attached hydrogens (tertiary/aromatic N) is 1. The Hall–Kier alpha value is -2.11. The molecular formula is C18H22ClN3O2. The number of carbonyl (C=O) groups excluding carboxylic acids is 1. The van der Waals surface area contributed by atoms with Crippen LogP contribution >= 0.6 is 11.6 Å². The lowest BCUT2D eigenvalue weighted by Gasteiger charge is -2.18. The molecule has 0 saturated heterocycles. The van der Waals surface area contributed by atoms with E-state index in [1.807, 2.05) is 32.0 Å². The van der Waals surface area contributed by atoms with Crippen LogP contribution in [-0.2, 0) is 11.3 Å². The van der Waals surface area contributed by atoms with Gasteiger partial charge in [0.15, 0.2) is 0 Å². The summed E-state index contributed by atoms with van der Waals surface area (Å²) in [7, 11) is 0. The molecule has 0 bridgehead atoms. The summed E-state index contributed by atoms with van der Waals surface area (Å²) in [5.74, 6) is -0.175. The Morgan fingerprint density at radius 1 is 1.29 bits per heavy atom. The zero-order valence-electron chi connectivity index (χ0n) is 13.8. The predicted octanol–water partition coefficient (Wildman–Crippen LogP) is 2.86. The van der Waals surface area contributed by atoms with E-state index in [1.54, 1.807) is 18.3 Å². The minimum Gasteiger partial charge on any atom is -0.323 e. The molecule has 1 amide bonds. The number of aromatic nitrogens is 1. The van der Waals surface area contributed by atoms with Crippen molar-refractivity contribution < 1.29 is 4.79 Å². The standard InChI is InChI=1S/C18H22ClN3O2/c1-3-12(2)17(20)18(24)21-14-8-9-16(23)22(11-14)10-13-6-4-5-7-15(13)19/h4-9,11-12,17H,3,10,20H2,1-2H3,(H,21,24). The van der Waals surface area contributed by atoms with Gasteiger partial charge in [-0.1, -0.05) is 50.1 Å². The van der Waals surface area contributed by atoms with Gasteiger partial charge in [-0.05, 0) is 23.6 Å². The molecule has 6 heteroatoms. The van der Waals surface area contributed by atoms with Crippen LogP contribution in [0.25, 0.3) is 0 Å². The molecule has 2 atom stereocenters. The number of amides is 1. The topological polar surface area (TPSA) is 77.1 Å². The molecule has 3 N–H and O–H groups in total. The molecule has 1 aromatic carbocycles. The first-order valence-corrected chi connectivity index (χ1v) is 8.30. The maximum Gasteiger partial charge on any atom is 0.250 e. The molecule has 128 valence electrons. The number of nitrogens with one attached hydrogen (secondary N) is 1. The van der Waals surface area contributed by atoms with Crippen LogP contribution in [0.4, 0.5) is 5.69 Å². The Bertz CT molecular complexity index is 773. The highest BCUT2D eigenvalue weighted by atomic mass is 35.5. The van der Waals surface area contributed by atoms with Crippen LogP contribution in [0.15, 0.2) is 47.4 Å². The average molecular weight is 348 g/mol. The van der Waals surface area contributed by atoms with Crippen molar-refractivity contribution in [1.29, 1.82) is 0 Å². The molecule has 2 aromatic rings. The van der Waals surface area contributed by atoms with Crippen molar-refractivity contribution >= 4 is 23.2 Å². The highest BCUT2D eigenvalue weighted by molar-refractivity contribution is 6.31. The van der Waals surface area contributed by atoms with Gasteiger partial charge >= 0.3 is 0 Å². The number of benzene rings is 1. The Labute approximate surface area is 146 Å². The summed E-state index contributed by atoms with van der Waals surface area (Å²) in [6.45, 7) is 4.25. The van der Waals surface area contributed by atoms with Crippen LogP contribution in [0.3, 0.4) is 0 Å². The molecule has 5 nitrogen and oxygen atoms in total. The SMILES string of the molecule is CCC(C)C(N)C(=O)Nc1ccc(=O)n(Cc2ccccc2Cl)c1. The summed E-state index contributed by atoms with van der Waals surface area (Å²) in [4.78, 5) is 24.2. The molecule has 0 spiro atoms. The van der Waals surface area contributed by atoms with Crippen LogP contribution < -0.4 is 16.6 Å². The molecule has 0 saturated carbocycles. The van der Waals surface area contributed by atoms with Gasteiger partial charge in [-0.3, -0.25) is 9.59 Å². The zero-order valence-corrected chi connectivity index (χ0v) is 14.6. The number of hydrogen-bond donors (Lipinski definition) is 2. The molecular weight excluding hydrogens is 326 g/mol. The molecule has 1 aromatic heterocycles. The monoisotopic (exact) mass is 347 g/mol. The lowest BCUT2D eigenvalue weighted by atomic mass is 9.99. The first-order chi connectivity index (χ1) is 11.4. The van der Waals surface area contributed by atoms with Gasteiger partial charge < -0.3 is 15.6 Å². The third kappa shape index (κ3) is 4.46. The van der Waals surface area contributed by atoms with Crippen LogP contribution in [0.5, 0.6) is 0 Å². The number of hydrogen-bond acceptors (Lipinski definition) is 3. The minimum absolute atomic E-state index is 0.0824. The summed E-state index contributed by atoms with van der Waals surface area (Å²) < 4.78 is 1.51. The number of nitrogens with two attached hydrogens (primary N) is 1. The predicted molar refractivity (Wildman–Crippen MR) is 97.3 cm³/mol. The minimum atomic E-state index is -0.584. The second kappa shape index (κ2) is 8.13. The van der Waals surface area contributed by atoms with E-state index in [1.165, 1.54) is 10.6 Å². The molecule has 24 heavy (non-hydrogen) atoms.